The molecule has 2 N–H and O–H groups in total. The quantitative estimate of drug-likeness (QED) is 0.718. The molecule has 0 fully saturated rings. The average molecular weight is 251 g/mol. The summed E-state index contributed by atoms with van der Waals surface area (Å²) in [6, 6.07) is 13.8. The molecule has 2 heterocycles. The zero-order chi connectivity index (χ0) is 13.1. The molecule has 5 heteroatoms. The molecule has 0 radical (unpaired) electrons. The molecule has 0 unspecified atom stereocenters. The summed E-state index contributed by atoms with van der Waals surface area (Å²) < 4.78 is 1.53. The number of nitrogens with two attached hydrogens (primary N) is 1. The molecule has 0 atom stereocenters. The molecule has 0 aliphatic rings. The lowest BCUT2D eigenvalue weighted by Crippen LogP contribution is -2.14. The fraction of sp³-hybridized carbons (Fsp3) is 0.0714. The number of rotatable bonds is 3. The molecule has 3 aromatic rings. The minimum atomic E-state index is 0.647. The molecule has 0 saturated heterocycles. The molecule has 19 heavy (non-hydrogen) atoms. The van der Waals surface area contributed by atoms with Gasteiger partial charge >= 0.3 is 0 Å². The second kappa shape index (κ2) is 4.89. The second-order valence-corrected chi connectivity index (χ2v) is 4.21. The van der Waals surface area contributed by atoms with Gasteiger partial charge in [-0.05, 0) is 17.7 Å². The fourth-order valence-electron chi connectivity index (χ4n) is 1.92. The van der Waals surface area contributed by atoms with Crippen molar-refractivity contribution in [3.05, 3.63) is 66.2 Å². The van der Waals surface area contributed by atoms with Crippen LogP contribution in [0.3, 0.4) is 0 Å². The van der Waals surface area contributed by atoms with Gasteiger partial charge in [0.2, 0.25) is 0 Å². The van der Waals surface area contributed by atoms with Crippen LogP contribution in [0.15, 0.2) is 54.9 Å². The minimum Gasteiger partial charge on any atom is -0.336 e. The summed E-state index contributed by atoms with van der Waals surface area (Å²) in [4.78, 5) is 3.98. The Bertz CT molecular complexity index is 661. The van der Waals surface area contributed by atoms with Gasteiger partial charge in [0.1, 0.15) is 0 Å². The standard InChI is InChI=1S/C14H13N5/c15-19-13(10-11-4-2-1-3-5-11)17-18-14(19)12-6-8-16-9-7-12/h1-9H,10,15H2. The van der Waals surface area contributed by atoms with Gasteiger partial charge in [-0.3, -0.25) is 4.98 Å². The number of hydrogen-bond acceptors (Lipinski definition) is 4. The van der Waals surface area contributed by atoms with Gasteiger partial charge in [0.25, 0.3) is 0 Å². The zero-order valence-electron chi connectivity index (χ0n) is 10.3. The summed E-state index contributed by atoms with van der Waals surface area (Å²) in [5.74, 6) is 7.44. The first-order valence-corrected chi connectivity index (χ1v) is 5.98. The highest BCUT2D eigenvalue weighted by Crippen LogP contribution is 2.16. The van der Waals surface area contributed by atoms with Crippen molar-refractivity contribution in [3.63, 3.8) is 0 Å². The van der Waals surface area contributed by atoms with Crippen molar-refractivity contribution in [2.75, 3.05) is 5.84 Å². The lowest BCUT2D eigenvalue weighted by molar-refractivity contribution is 0.877. The Balaban J connectivity index is 1.92. The summed E-state index contributed by atoms with van der Waals surface area (Å²) in [5, 5.41) is 8.30. The van der Waals surface area contributed by atoms with E-state index in [1.807, 2.05) is 42.5 Å². The summed E-state index contributed by atoms with van der Waals surface area (Å²) >= 11 is 0. The Morgan fingerprint density at radius 3 is 2.42 bits per heavy atom. The van der Waals surface area contributed by atoms with Gasteiger partial charge in [-0.15, -0.1) is 10.2 Å². The third-order valence-electron chi connectivity index (χ3n) is 2.91. The molecule has 0 aliphatic carbocycles. The van der Waals surface area contributed by atoms with E-state index in [1.54, 1.807) is 12.4 Å². The molecule has 1 aromatic carbocycles. The van der Waals surface area contributed by atoms with E-state index in [4.69, 9.17) is 5.84 Å². The van der Waals surface area contributed by atoms with E-state index in [0.29, 0.717) is 12.2 Å². The Morgan fingerprint density at radius 2 is 1.68 bits per heavy atom. The Labute approximate surface area is 110 Å². The largest absolute Gasteiger partial charge is 0.336 e. The number of nitrogens with zero attached hydrogens (tertiary/aromatic N) is 4. The molecule has 94 valence electrons. The van der Waals surface area contributed by atoms with Crippen molar-refractivity contribution in [1.82, 2.24) is 19.9 Å². The van der Waals surface area contributed by atoms with Gasteiger partial charge in [-0.1, -0.05) is 30.3 Å². The Morgan fingerprint density at radius 1 is 0.947 bits per heavy atom. The van der Waals surface area contributed by atoms with Crippen molar-refractivity contribution >= 4 is 0 Å². The second-order valence-electron chi connectivity index (χ2n) is 4.21. The molecule has 0 bridgehead atoms. The van der Waals surface area contributed by atoms with Crippen molar-refractivity contribution in [2.45, 2.75) is 6.42 Å². The third-order valence-corrected chi connectivity index (χ3v) is 2.91. The van der Waals surface area contributed by atoms with Gasteiger partial charge < -0.3 is 5.84 Å². The highest BCUT2D eigenvalue weighted by atomic mass is 15.4. The molecule has 5 nitrogen and oxygen atoms in total. The van der Waals surface area contributed by atoms with Crippen LogP contribution in [0, 0.1) is 0 Å². The molecular weight excluding hydrogens is 238 g/mol. The SMILES string of the molecule is Nn1c(Cc2ccccc2)nnc1-c1ccncc1. The molecule has 0 spiro atoms. The predicted molar refractivity (Wildman–Crippen MR) is 72.7 cm³/mol. The van der Waals surface area contributed by atoms with Gasteiger partial charge in [-0.25, -0.2) is 4.68 Å². The Hall–Kier alpha value is -2.69. The number of hydrogen-bond donors (Lipinski definition) is 1. The molecular formula is C14H13N5. The van der Waals surface area contributed by atoms with Crippen molar-refractivity contribution in [2.24, 2.45) is 0 Å². The van der Waals surface area contributed by atoms with Crippen LogP contribution < -0.4 is 5.84 Å². The first-order valence-electron chi connectivity index (χ1n) is 5.98. The van der Waals surface area contributed by atoms with E-state index in [-0.39, 0.29) is 0 Å². The van der Waals surface area contributed by atoms with Crippen LogP contribution in [0.4, 0.5) is 0 Å². The predicted octanol–water partition coefficient (Wildman–Crippen LogP) is 1.64. The number of aromatic nitrogens is 4. The van der Waals surface area contributed by atoms with Crippen molar-refractivity contribution in [1.29, 1.82) is 0 Å². The van der Waals surface area contributed by atoms with Crippen LogP contribution in [-0.4, -0.2) is 19.9 Å². The first-order chi connectivity index (χ1) is 9.34. The Kier molecular flexibility index (Phi) is 2.94. The summed E-state index contributed by atoms with van der Waals surface area (Å²) in [6.07, 6.45) is 4.08. The van der Waals surface area contributed by atoms with Gasteiger partial charge in [0.15, 0.2) is 11.6 Å². The van der Waals surface area contributed by atoms with Crippen molar-refractivity contribution < 1.29 is 0 Å². The zero-order valence-corrected chi connectivity index (χ0v) is 10.3. The maximum Gasteiger partial charge on any atom is 0.182 e. The van der Waals surface area contributed by atoms with Gasteiger partial charge in [0, 0.05) is 24.4 Å². The number of pyridine rings is 1. The van der Waals surface area contributed by atoms with Crippen LogP contribution >= 0.6 is 0 Å². The lowest BCUT2D eigenvalue weighted by Gasteiger charge is -2.03. The topological polar surface area (TPSA) is 69.6 Å². The normalized spacial score (nSPS) is 10.5. The minimum absolute atomic E-state index is 0.647. The average Bonchev–Trinajstić information content (AvgIpc) is 2.82. The van der Waals surface area contributed by atoms with Crippen molar-refractivity contribution in [3.8, 4) is 11.4 Å². The molecule has 0 amide bonds. The highest BCUT2D eigenvalue weighted by molar-refractivity contribution is 5.54. The first kappa shape index (κ1) is 11.4. The van der Waals surface area contributed by atoms with E-state index >= 15 is 0 Å². The summed E-state index contributed by atoms with van der Waals surface area (Å²) in [7, 11) is 0. The van der Waals surface area contributed by atoms with Crippen LogP contribution in [-0.2, 0) is 6.42 Å². The molecule has 0 saturated carbocycles. The lowest BCUT2D eigenvalue weighted by atomic mass is 10.1. The van der Waals surface area contributed by atoms with Crippen LogP contribution in [0.1, 0.15) is 11.4 Å². The highest BCUT2D eigenvalue weighted by Gasteiger charge is 2.11. The molecule has 3 rings (SSSR count). The van der Waals surface area contributed by atoms with E-state index in [2.05, 4.69) is 15.2 Å². The van der Waals surface area contributed by atoms with Gasteiger partial charge in [-0.2, -0.15) is 0 Å². The maximum absolute atomic E-state index is 6.05. The van der Waals surface area contributed by atoms with E-state index in [9.17, 15) is 0 Å². The van der Waals surface area contributed by atoms with E-state index in [0.717, 1.165) is 17.0 Å². The van der Waals surface area contributed by atoms with Crippen LogP contribution in [0.2, 0.25) is 0 Å². The summed E-state index contributed by atoms with van der Waals surface area (Å²) in [6.45, 7) is 0. The van der Waals surface area contributed by atoms with E-state index < -0.39 is 0 Å². The van der Waals surface area contributed by atoms with E-state index in [1.165, 1.54) is 4.68 Å². The third kappa shape index (κ3) is 2.30. The number of benzene rings is 1. The van der Waals surface area contributed by atoms with Gasteiger partial charge in [0.05, 0.1) is 0 Å². The molecule has 2 aromatic heterocycles. The number of nitrogen functional groups attached to an aromatic ring is 1. The maximum atomic E-state index is 6.05. The van der Waals surface area contributed by atoms with Crippen LogP contribution in [0.25, 0.3) is 11.4 Å². The fourth-order valence-corrected chi connectivity index (χ4v) is 1.92. The molecule has 0 aliphatic heterocycles. The smallest absolute Gasteiger partial charge is 0.182 e. The summed E-state index contributed by atoms with van der Waals surface area (Å²) in [5.41, 5.74) is 2.06. The monoisotopic (exact) mass is 251 g/mol. The van der Waals surface area contributed by atoms with Crippen LogP contribution in [0.5, 0.6) is 0 Å².